The van der Waals surface area contributed by atoms with E-state index < -0.39 is 0 Å². The van der Waals surface area contributed by atoms with Gasteiger partial charge in [0.2, 0.25) is 5.91 Å². The van der Waals surface area contributed by atoms with Gasteiger partial charge in [0.25, 0.3) is 5.56 Å². The molecule has 1 amide bonds. The first-order chi connectivity index (χ1) is 15.0. The molecule has 2 aromatic heterocycles. The molecule has 0 radical (unpaired) electrons. The van der Waals surface area contributed by atoms with Gasteiger partial charge >= 0.3 is 0 Å². The summed E-state index contributed by atoms with van der Waals surface area (Å²) in [4.78, 5) is 29.4. The van der Waals surface area contributed by atoms with Crippen LogP contribution in [0.1, 0.15) is 37.6 Å². The number of amides is 1. The Balaban J connectivity index is 1.40. The lowest BCUT2D eigenvalue weighted by Gasteiger charge is -2.12. The number of benzene rings is 2. The molecule has 31 heavy (non-hydrogen) atoms. The molecule has 0 atom stereocenters. The summed E-state index contributed by atoms with van der Waals surface area (Å²) in [6.45, 7) is 5.07. The third-order valence-electron chi connectivity index (χ3n) is 5.01. The minimum atomic E-state index is -0.248. The lowest BCUT2D eigenvalue weighted by molar-refractivity contribution is -0.116. The predicted octanol–water partition coefficient (Wildman–Crippen LogP) is 3.19. The highest BCUT2D eigenvalue weighted by Gasteiger charge is 2.10. The van der Waals surface area contributed by atoms with Gasteiger partial charge in [-0.2, -0.15) is 0 Å². The monoisotopic (exact) mass is 416 g/mol. The zero-order valence-electron chi connectivity index (χ0n) is 17.5. The first kappa shape index (κ1) is 20.5. The molecule has 0 aliphatic carbocycles. The summed E-state index contributed by atoms with van der Waals surface area (Å²) in [5, 5.41) is 11.4. The Morgan fingerprint density at radius 3 is 2.81 bits per heavy atom. The van der Waals surface area contributed by atoms with Gasteiger partial charge in [-0.15, -0.1) is 5.10 Å². The topological polar surface area (TPSA) is 94.7 Å². The molecule has 0 spiro atoms. The van der Waals surface area contributed by atoms with E-state index in [9.17, 15) is 9.59 Å². The van der Waals surface area contributed by atoms with Crippen LogP contribution in [0.25, 0.3) is 10.9 Å². The third kappa shape index (κ3) is 4.69. The van der Waals surface area contributed by atoms with Crippen LogP contribution < -0.4 is 10.9 Å². The van der Waals surface area contributed by atoms with E-state index in [4.69, 9.17) is 0 Å². The average Bonchev–Trinajstić information content (AvgIpc) is 3.22. The number of rotatable bonds is 7. The van der Waals surface area contributed by atoms with Gasteiger partial charge in [-0.1, -0.05) is 43.3 Å². The maximum absolute atomic E-state index is 12.5. The predicted molar refractivity (Wildman–Crippen MR) is 119 cm³/mol. The average molecular weight is 416 g/mol. The number of fused-ring (bicyclic) bond motifs is 1. The van der Waals surface area contributed by atoms with Gasteiger partial charge < -0.3 is 9.88 Å². The molecule has 1 N–H and O–H groups in total. The van der Waals surface area contributed by atoms with Gasteiger partial charge in [0.1, 0.15) is 11.3 Å². The Kier molecular flexibility index (Phi) is 5.88. The van der Waals surface area contributed by atoms with Crippen molar-refractivity contribution in [1.82, 2.24) is 24.5 Å². The number of aryl methyl sites for hydroxylation is 1. The molecular formula is C23H24N6O2. The second-order valence-electron chi connectivity index (χ2n) is 7.70. The summed E-state index contributed by atoms with van der Waals surface area (Å²) in [6.07, 6.45) is 3.89. The van der Waals surface area contributed by atoms with E-state index in [1.54, 1.807) is 30.5 Å². The van der Waals surface area contributed by atoms with E-state index >= 15 is 0 Å². The quantitative estimate of drug-likeness (QED) is 0.499. The highest BCUT2D eigenvalue weighted by atomic mass is 16.2. The van der Waals surface area contributed by atoms with Crippen molar-refractivity contribution in [2.24, 2.45) is 0 Å². The minimum absolute atomic E-state index is 0.121. The van der Waals surface area contributed by atoms with Gasteiger partial charge in [-0.3, -0.25) is 9.59 Å². The van der Waals surface area contributed by atoms with Gasteiger partial charge in [0, 0.05) is 37.0 Å². The Labute approximate surface area is 179 Å². The van der Waals surface area contributed by atoms with Crippen LogP contribution in [0.5, 0.6) is 0 Å². The molecule has 0 unspecified atom stereocenters. The number of hydrogen-bond acceptors (Lipinski definition) is 5. The first-order valence-corrected chi connectivity index (χ1v) is 10.2. The van der Waals surface area contributed by atoms with Crippen molar-refractivity contribution < 1.29 is 4.79 Å². The van der Waals surface area contributed by atoms with Crippen molar-refractivity contribution in [2.75, 3.05) is 5.32 Å². The van der Waals surface area contributed by atoms with Gasteiger partial charge in [-0.25, -0.2) is 9.67 Å². The molecule has 2 heterocycles. The van der Waals surface area contributed by atoms with E-state index in [-0.39, 0.29) is 24.4 Å². The highest BCUT2D eigenvalue weighted by molar-refractivity contribution is 5.90. The smallest absolute Gasteiger partial charge is 0.277 e. The number of aromatic nitrogens is 5. The standard InChI is InChI=1S/C23H24N6O2/c1-16(2)22-24-11-13-28(22)15-17-6-5-7-18(14-17)25-21(30)10-12-29-23(31)19-8-3-4-9-20(19)26-27-29/h3-9,11,13-14,16H,10,12,15H2,1-2H3,(H,25,30). The van der Waals surface area contributed by atoms with Crippen LogP contribution in [-0.4, -0.2) is 30.5 Å². The summed E-state index contributed by atoms with van der Waals surface area (Å²) in [7, 11) is 0. The second-order valence-corrected chi connectivity index (χ2v) is 7.70. The largest absolute Gasteiger partial charge is 0.330 e. The number of carbonyl (C=O) groups excluding carboxylic acids is 1. The van der Waals surface area contributed by atoms with E-state index in [1.165, 1.54) is 4.68 Å². The van der Waals surface area contributed by atoms with E-state index in [0.717, 1.165) is 11.4 Å². The van der Waals surface area contributed by atoms with Crippen LogP contribution in [0.3, 0.4) is 0 Å². The molecule has 0 aliphatic rings. The molecule has 4 rings (SSSR count). The minimum Gasteiger partial charge on any atom is -0.330 e. The van der Waals surface area contributed by atoms with Crippen LogP contribution in [-0.2, 0) is 17.9 Å². The highest BCUT2D eigenvalue weighted by Crippen LogP contribution is 2.16. The summed E-state index contributed by atoms with van der Waals surface area (Å²) >= 11 is 0. The summed E-state index contributed by atoms with van der Waals surface area (Å²) in [5.74, 6) is 1.17. The summed E-state index contributed by atoms with van der Waals surface area (Å²) in [5.41, 5.74) is 2.07. The molecule has 4 aromatic rings. The van der Waals surface area contributed by atoms with Crippen molar-refractivity contribution >= 4 is 22.5 Å². The third-order valence-corrected chi connectivity index (χ3v) is 5.01. The Morgan fingerprint density at radius 2 is 1.97 bits per heavy atom. The second kappa shape index (κ2) is 8.91. The molecule has 0 bridgehead atoms. The Bertz CT molecular complexity index is 1270. The normalized spacial score (nSPS) is 11.2. The number of imidazole rings is 1. The van der Waals surface area contributed by atoms with Gasteiger partial charge in [0.15, 0.2) is 0 Å². The summed E-state index contributed by atoms with van der Waals surface area (Å²) in [6, 6.07) is 14.8. The van der Waals surface area contributed by atoms with Crippen LogP contribution >= 0.6 is 0 Å². The van der Waals surface area contributed by atoms with Crippen molar-refractivity contribution in [3.63, 3.8) is 0 Å². The zero-order valence-corrected chi connectivity index (χ0v) is 17.5. The van der Waals surface area contributed by atoms with E-state index in [0.29, 0.717) is 29.1 Å². The molecule has 0 saturated carbocycles. The molecule has 2 aromatic carbocycles. The van der Waals surface area contributed by atoms with Gasteiger partial charge in [-0.05, 0) is 29.8 Å². The molecular weight excluding hydrogens is 392 g/mol. The van der Waals surface area contributed by atoms with Gasteiger partial charge in [0.05, 0.1) is 11.9 Å². The van der Waals surface area contributed by atoms with Crippen molar-refractivity contribution in [2.45, 2.75) is 39.3 Å². The molecule has 8 heteroatoms. The lowest BCUT2D eigenvalue weighted by atomic mass is 10.1. The molecule has 0 aliphatic heterocycles. The lowest BCUT2D eigenvalue weighted by Crippen LogP contribution is -2.26. The van der Waals surface area contributed by atoms with Crippen LogP contribution in [0.2, 0.25) is 0 Å². The Hall–Kier alpha value is -3.81. The summed E-state index contributed by atoms with van der Waals surface area (Å²) < 4.78 is 3.33. The van der Waals surface area contributed by atoms with Crippen molar-refractivity contribution in [3.8, 4) is 0 Å². The maximum Gasteiger partial charge on any atom is 0.277 e. The van der Waals surface area contributed by atoms with Crippen LogP contribution in [0.15, 0.2) is 65.7 Å². The fourth-order valence-corrected chi connectivity index (χ4v) is 3.50. The number of carbonyl (C=O) groups is 1. The molecule has 158 valence electrons. The van der Waals surface area contributed by atoms with Crippen molar-refractivity contribution in [1.29, 1.82) is 0 Å². The Morgan fingerprint density at radius 1 is 1.13 bits per heavy atom. The SMILES string of the molecule is CC(C)c1nccn1Cc1cccc(NC(=O)CCn2nnc3ccccc3c2=O)c1. The van der Waals surface area contributed by atoms with E-state index in [1.807, 2.05) is 30.5 Å². The number of nitrogens with zero attached hydrogens (tertiary/aromatic N) is 5. The first-order valence-electron chi connectivity index (χ1n) is 10.2. The van der Waals surface area contributed by atoms with E-state index in [2.05, 4.69) is 39.0 Å². The van der Waals surface area contributed by atoms with Crippen LogP contribution in [0, 0.1) is 0 Å². The zero-order chi connectivity index (χ0) is 21.8. The molecule has 8 nitrogen and oxygen atoms in total. The number of hydrogen-bond donors (Lipinski definition) is 1. The maximum atomic E-state index is 12.5. The number of nitrogens with one attached hydrogen (secondary N) is 1. The van der Waals surface area contributed by atoms with Crippen molar-refractivity contribution in [3.05, 3.63) is 82.7 Å². The number of anilines is 1. The van der Waals surface area contributed by atoms with Crippen LogP contribution in [0.4, 0.5) is 5.69 Å². The fourth-order valence-electron chi connectivity index (χ4n) is 3.50. The molecule has 0 saturated heterocycles. The fraction of sp³-hybridized carbons (Fsp3) is 0.261. The molecule has 0 fully saturated rings.